The molecule has 6 heteroatoms. The summed E-state index contributed by atoms with van der Waals surface area (Å²) in [6, 6.07) is 0. The van der Waals surface area contributed by atoms with Gasteiger partial charge < -0.3 is 0 Å². The Morgan fingerprint density at radius 3 is 2.77 bits per heavy atom. The first-order valence-electron chi connectivity index (χ1n) is 3.34. The summed E-state index contributed by atoms with van der Waals surface area (Å²) in [5.74, 6) is 0.0530. The second kappa shape index (κ2) is 3.23. The van der Waals surface area contributed by atoms with Gasteiger partial charge in [-0.3, -0.25) is 0 Å². The van der Waals surface area contributed by atoms with E-state index in [4.69, 9.17) is 11.6 Å². The predicted molar refractivity (Wildman–Crippen MR) is 49.5 cm³/mol. The van der Waals surface area contributed by atoms with E-state index in [1.54, 1.807) is 0 Å². The molecule has 0 fully saturated rings. The molecule has 4 nitrogen and oxygen atoms in total. The van der Waals surface area contributed by atoms with Gasteiger partial charge in [-0.25, -0.2) is 18.4 Å². The van der Waals surface area contributed by atoms with Crippen molar-refractivity contribution in [2.45, 2.75) is 19.0 Å². The molecule has 0 saturated carbocycles. The Labute approximate surface area is 81.9 Å². The van der Waals surface area contributed by atoms with Crippen molar-refractivity contribution in [1.82, 2.24) is 9.97 Å². The van der Waals surface area contributed by atoms with Gasteiger partial charge in [0.05, 0.1) is 5.75 Å². The molecule has 0 saturated heterocycles. The molecule has 2 aliphatic rings. The topological polar surface area (TPSA) is 59.9 Å². The van der Waals surface area contributed by atoms with Crippen LogP contribution in [0.3, 0.4) is 0 Å². The van der Waals surface area contributed by atoms with Crippen LogP contribution in [0, 0.1) is 0 Å². The van der Waals surface area contributed by atoms with Crippen LogP contribution in [0.1, 0.15) is 13.0 Å². The highest BCUT2D eigenvalue weighted by molar-refractivity contribution is 7.91. The Balaban J connectivity index is 0.000000845. The third-order valence-electron chi connectivity index (χ3n) is 1.71. The molecule has 3 rings (SSSR count). The smallest absolute Gasteiger partial charge is 0.226 e. The lowest BCUT2D eigenvalue weighted by atomic mass is 10.3. The van der Waals surface area contributed by atoms with E-state index in [1.165, 1.54) is 6.20 Å². The minimum Gasteiger partial charge on any atom is -0.226 e. The van der Waals surface area contributed by atoms with Crippen molar-refractivity contribution in [2.24, 2.45) is 0 Å². The molecule has 0 atom stereocenters. The first-order chi connectivity index (χ1) is 5.59. The van der Waals surface area contributed by atoms with Gasteiger partial charge in [0.15, 0.2) is 0 Å². The van der Waals surface area contributed by atoms with Gasteiger partial charge in [0, 0.05) is 11.8 Å². The molecule has 0 aromatic carbocycles. The lowest BCUT2D eigenvalue weighted by Gasteiger charge is -1.93. The number of nitrogens with zero attached hydrogens (tertiary/aromatic N) is 2. The molecule has 2 aliphatic heterocycles. The highest BCUT2D eigenvalue weighted by Gasteiger charge is 2.24. The molecule has 1 aromatic rings. The molecule has 72 valence electrons. The van der Waals surface area contributed by atoms with Crippen LogP contribution < -0.4 is 0 Å². The van der Waals surface area contributed by atoms with E-state index in [0.717, 1.165) is 0 Å². The monoisotopic (exact) mass is 220 g/mol. The quantitative estimate of drug-likeness (QED) is 0.485. The van der Waals surface area contributed by atoms with Crippen molar-refractivity contribution in [3.05, 3.63) is 16.9 Å². The van der Waals surface area contributed by atoms with Crippen molar-refractivity contribution in [3.8, 4) is 0 Å². The summed E-state index contributed by atoms with van der Waals surface area (Å²) >= 11 is 5.68. The number of hydrogen-bond acceptors (Lipinski definition) is 4. The van der Waals surface area contributed by atoms with Crippen molar-refractivity contribution in [2.75, 3.05) is 5.75 Å². The van der Waals surface area contributed by atoms with Gasteiger partial charge in [0.1, 0.15) is 5.15 Å². The fourth-order valence-corrected chi connectivity index (χ4v) is 2.41. The second-order valence-corrected chi connectivity index (χ2v) is 4.90. The SMILES string of the molecule is C.O=S1(=O)CCc2cnc1nc2Cl. The minimum atomic E-state index is -3.28. The summed E-state index contributed by atoms with van der Waals surface area (Å²) < 4.78 is 22.6. The molecule has 0 radical (unpaired) electrons. The standard InChI is InChI=1S/C6H5ClN2O2S.CH4/c7-5-4-1-2-12(10,11)6(9-5)8-3-4;/h3H,1-2H2;1H4. The summed E-state index contributed by atoms with van der Waals surface area (Å²) in [5.41, 5.74) is 0.696. The lowest BCUT2D eigenvalue weighted by Crippen LogP contribution is -2.07. The molecule has 0 spiro atoms. The van der Waals surface area contributed by atoms with Gasteiger partial charge in [0.25, 0.3) is 0 Å². The van der Waals surface area contributed by atoms with Crippen molar-refractivity contribution >= 4 is 21.4 Å². The Kier molecular flexibility index (Phi) is 2.58. The van der Waals surface area contributed by atoms with Crippen molar-refractivity contribution in [3.63, 3.8) is 0 Å². The predicted octanol–water partition coefficient (Wildman–Crippen LogP) is 1.10. The van der Waals surface area contributed by atoms with Crippen LogP contribution in [-0.4, -0.2) is 24.1 Å². The summed E-state index contributed by atoms with van der Waals surface area (Å²) in [7, 11) is -3.28. The molecule has 13 heavy (non-hydrogen) atoms. The van der Waals surface area contributed by atoms with E-state index in [9.17, 15) is 8.42 Å². The summed E-state index contributed by atoms with van der Waals surface area (Å²) in [5, 5.41) is 0.0924. The molecular weight excluding hydrogens is 212 g/mol. The average Bonchev–Trinajstić information content (AvgIpc) is 2.19. The molecule has 0 aliphatic carbocycles. The van der Waals surface area contributed by atoms with Gasteiger partial charge >= 0.3 is 0 Å². The normalized spacial score (nSPS) is 17.6. The average molecular weight is 221 g/mol. The van der Waals surface area contributed by atoms with Crippen molar-refractivity contribution < 1.29 is 8.42 Å². The third-order valence-corrected chi connectivity index (χ3v) is 3.53. The van der Waals surface area contributed by atoms with Gasteiger partial charge in [-0.2, -0.15) is 0 Å². The maximum Gasteiger partial charge on any atom is 0.248 e. The van der Waals surface area contributed by atoms with Crippen LogP contribution in [0.4, 0.5) is 0 Å². The molecule has 1 aromatic heterocycles. The number of aryl methyl sites for hydroxylation is 1. The first kappa shape index (κ1) is 10.4. The maximum absolute atomic E-state index is 11.3. The number of rotatable bonds is 0. The fraction of sp³-hybridized carbons (Fsp3) is 0.429. The minimum absolute atomic E-state index is 0. The van der Waals surface area contributed by atoms with E-state index in [1.807, 2.05) is 0 Å². The Morgan fingerprint density at radius 2 is 2.15 bits per heavy atom. The second-order valence-electron chi connectivity index (χ2n) is 2.54. The van der Waals surface area contributed by atoms with E-state index < -0.39 is 9.84 Å². The van der Waals surface area contributed by atoms with Crippen molar-refractivity contribution in [1.29, 1.82) is 0 Å². The van der Waals surface area contributed by atoms with Gasteiger partial charge in [-0.15, -0.1) is 0 Å². The Bertz CT molecular complexity index is 430. The summed E-state index contributed by atoms with van der Waals surface area (Å²) in [6.45, 7) is 0. The van der Waals surface area contributed by atoms with E-state index >= 15 is 0 Å². The number of halogens is 1. The number of sulfone groups is 1. The van der Waals surface area contributed by atoms with Crippen LogP contribution in [0.15, 0.2) is 11.4 Å². The van der Waals surface area contributed by atoms with E-state index in [-0.39, 0.29) is 23.5 Å². The highest BCUT2D eigenvalue weighted by atomic mass is 35.5. The molecular formula is C7H9ClN2O2S. The Hall–Kier alpha value is -0.680. The Morgan fingerprint density at radius 1 is 1.46 bits per heavy atom. The van der Waals surface area contributed by atoms with E-state index in [0.29, 0.717) is 12.0 Å². The molecule has 3 heterocycles. The van der Waals surface area contributed by atoms with Crippen LogP contribution in [0.2, 0.25) is 5.15 Å². The molecule has 2 bridgehead atoms. The van der Waals surface area contributed by atoms with Crippen LogP contribution in [0.5, 0.6) is 0 Å². The fourth-order valence-electron chi connectivity index (χ4n) is 1.02. The number of hydrogen-bond donors (Lipinski definition) is 0. The zero-order valence-corrected chi connectivity index (χ0v) is 7.56. The zero-order chi connectivity index (χ0) is 8.77. The number of aromatic nitrogens is 2. The first-order valence-corrected chi connectivity index (χ1v) is 5.37. The number of fused-ring (bicyclic) bond motifs is 4. The summed E-state index contributed by atoms with van der Waals surface area (Å²) in [6.07, 6.45) is 1.87. The lowest BCUT2D eigenvalue weighted by molar-refractivity contribution is 0.589. The molecule has 0 amide bonds. The van der Waals surface area contributed by atoms with Gasteiger partial charge in [-0.1, -0.05) is 19.0 Å². The molecule has 0 unspecified atom stereocenters. The highest BCUT2D eigenvalue weighted by Crippen LogP contribution is 2.20. The van der Waals surface area contributed by atoms with Crippen LogP contribution >= 0.6 is 11.6 Å². The van der Waals surface area contributed by atoms with E-state index in [2.05, 4.69) is 9.97 Å². The van der Waals surface area contributed by atoms with Gasteiger partial charge in [0.2, 0.25) is 15.0 Å². The van der Waals surface area contributed by atoms with Gasteiger partial charge in [-0.05, 0) is 6.42 Å². The molecule has 0 N–H and O–H groups in total. The van der Waals surface area contributed by atoms with Crippen LogP contribution in [0.25, 0.3) is 0 Å². The summed E-state index contributed by atoms with van der Waals surface area (Å²) in [4.78, 5) is 7.36. The zero-order valence-electron chi connectivity index (χ0n) is 5.99. The van der Waals surface area contributed by atoms with Crippen LogP contribution in [-0.2, 0) is 16.3 Å². The largest absolute Gasteiger partial charge is 0.248 e. The third kappa shape index (κ3) is 1.66. The maximum atomic E-state index is 11.3.